The third-order valence-corrected chi connectivity index (χ3v) is 5.80. The molecule has 0 saturated carbocycles. The van der Waals surface area contributed by atoms with Crippen LogP contribution in [0.5, 0.6) is 0 Å². The molecular formula is C16H23N3OS2. The molecule has 22 heavy (non-hydrogen) atoms. The average molecular weight is 338 g/mol. The number of rotatable bonds is 6. The van der Waals surface area contributed by atoms with Crippen LogP contribution in [-0.2, 0) is 17.7 Å². The summed E-state index contributed by atoms with van der Waals surface area (Å²) in [6.07, 6.45) is 3.69. The molecule has 4 nitrogen and oxygen atoms in total. The highest BCUT2D eigenvalue weighted by molar-refractivity contribution is 7.10. The van der Waals surface area contributed by atoms with Crippen molar-refractivity contribution in [2.45, 2.75) is 45.8 Å². The maximum Gasteiger partial charge on any atom is 0.123 e. The van der Waals surface area contributed by atoms with Gasteiger partial charge in [0.25, 0.3) is 0 Å². The highest BCUT2D eigenvalue weighted by Crippen LogP contribution is 2.26. The van der Waals surface area contributed by atoms with Gasteiger partial charge in [-0.2, -0.15) is 0 Å². The van der Waals surface area contributed by atoms with E-state index in [1.165, 1.54) is 23.5 Å². The van der Waals surface area contributed by atoms with Gasteiger partial charge in [-0.15, -0.1) is 22.7 Å². The van der Waals surface area contributed by atoms with Gasteiger partial charge in [0.15, 0.2) is 0 Å². The second-order valence-corrected chi connectivity index (χ2v) is 7.59. The van der Waals surface area contributed by atoms with Gasteiger partial charge in [-0.05, 0) is 19.8 Å². The van der Waals surface area contributed by atoms with Crippen molar-refractivity contribution < 1.29 is 4.74 Å². The summed E-state index contributed by atoms with van der Waals surface area (Å²) in [5.41, 5.74) is 2.29. The first-order chi connectivity index (χ1) is 10.7. The molecule has 3 rings (SSSR count). The molecule has 2 aromatic rings. The van der Waals surface area contributed by atoms with Crippen LogP contribution in [0.25, 0.3) is 0 Å². The minimum absolute atomic E-state index is 0.116. The van der Waals surface area contributed by atoms with Crippen molar-refractivity contribution in [1.82, 2.24) is 14.9 Å². The molecule has 3 heterocycles. The van der Waals surface area contributed by atoms with E-state index in [0.29, 0.717) is 0 Å². The highest BCUT2D eigenvalue weighted by atomic mass is 32.1. The summed E-state index contributed by atoms with van der Waals surface area (Å²) in [6, 6.07) is 0. The van der Waals surface area contributed by atoms with Crippen LogP contribution in [0.4, 0.5) is 0 Å². The fraction of sp³-hybridized carbons (Fsp3) is 0.625. The topological polar surface area (TPSA) is 38.2 Å². The molecule has 1 aliphatic heterocycles. The Morgan fingerprint density at radius 1 is 1.32 bits per heavy atom. The molecule has 1 fully saturated rings. The monoisotopic (exact) mass is 337 g/mol. The Hall–Kier alpha value is -0.820. The molecule has 0 aromatic carbocycles. The quantitative estimate of drug-likeness (QED) is 0.803. The van der Waals surface area contributed by atoms with Gasteiger partial charge in [-0.3, -0.25) is 4.90 Å². The van der Waals surface area contributed by atoms with Gasteiger partial charge >= 0.3 is 0 Å². The number of nitrogens with zero attached hydrogens (tertiary/aromatic N) is 3. The van der Waals surface area contributed by atoms with Crippen LogP contribution in [0.2, 0.25) is 0 Å². The summed E-state index contributed by atoms with van der Waals surface area (Å²) in [7, 11) is 0. The Morgan fingerprint density at radius 2 is 2.23 bits per heavy atom. The fourth-order valence-corrected chi connectivity index (χ4v) is 4.28. The van der Waals surface area contributed by atoms with E-state index >= 15 is 0 Å². The van der Waals surface area contributed by atoms with Crippen LogP contribution in [-0.4, -0.2) is 34.6 Å². The Morgan fingerprint density at radius 3 is 3.00 bits per heavy atom. The fourth-order valence-electron chi connectivity index (χ4n) is 2.61. The van der Waals surface area contributed by atoms with Crippen LogP contribution >= 0.6 is 22.7 Å². The first kappa shape index (κ1) is 16.1. The molecule has 2 aromatic heterocycles. The average Bonchev–Trinajstić information content (AvgIpc) is 3.15. The van der Waals surface area contributed by atoms with Gasteiger partial charge in [-0.1, -0.05) is 13.3 Å². The van der Waals surface area contributed by atoms with Gasteiger partial charge in [-0.25, -0.2) is 9.97 Å². The summed E-state index contributed by atoms with van der Waals surface area (Å²) in [5.74, 6) is 0. The van der Waals surface area contributed by atoms with E-state index in [1.807, 2.05) is 6.92 Å². The van der Waals surface area contributed by atoms with E-state index in [-0.39, 0.29) is 6.10 Å². The number of aryl methyl sites for hydroxylation is 2. The molecule has 1 saturated heterocycles. The Kier molecular flexibility index (Phi) is 5.57. The number of thiazole rings is 2. The van der Waals surface area contributed by atoms with E-state index in [9.17, 15) is 0 Å². The second kappa shape index (κ2) is 7.64. The second-order valence-electron chi connectivity index (χ2n) is 5.76. The molecule has 0 bridgehead atoms. The summed E-state index contributed by atoms with van der Waals surface area (Å²) in [4.78, 5) is 11.8. The molecule has 120 valence electrons. The lowest BCUT2D eigenvalue weighted by molar-refractivity contribution is -0.0333. The minimum atomic E-state index is 0.116. The van der Waals surface area contributed by atoms with E-state index < -0.39 is 0 Å². The summed E-state index contributed by atoms with van der Waals surface area (Å²) >= 11 is 3.50. The van der Waals surface area contributed by atoms with Crippen molar-refractivity contribution in [2.24, 2.45) is 0 Å². The third kappa shape index (κ3) is 4.13. The number of hydrogen-bond acceptors (Lipinski definition) is 6. The van der Waals surface area contributed by atoms with Crippen molar-refractivity contribution in [3.63, 3.8) is 0 Å². The minimum Gasteiger partial charge on any atom is -0.368 e. The molecule has 1 aliphatic rings. The highest BCUT2D eigenvalue weighted by Gasteiger charge is 2.24. The van der Waals surface area contributed by atoms with Gasteiger partial charge in [0.05, 0.1) is 17.3 Å². The first-order valence-corrected chi connectivity index (χ1v) is 9.69. The maximum atomic E-state index is 5.89. The van der Waals surface area contributed by atoms with Crippen LogP contribution in [0.15, 0.2) is 10.8 Å². The predicted octanol–water partition coefficient (Wildman–Crippen LogP) is 3.82. The smallest absolute Gasteiger partial charge is 0.123 e. The van der Waals surface area contributed by atoms with Crippen LogP contribution in [0.3, 0.4) is 0 Å². The molecule has 1 atom stereocenters. The third-order valence-electron chi connectivity index (χ3n) is 3.79. The largest absolute Gasteiger partial charge is 0.368 e. The number of morpholine rings is 1. The van der Waals surface area contributed by atoms with Crippen LogP contribution < -0.4 is 0 Å². The lowest BCUT2D eigenvalue weighted by Gasteiger charge is -2.31. The molecule has 0 aliphatic carbocycles. The van der Waals surface area contributed by atoms with E-state index in [4.69, 9.17) is 9.72 Å². The zero-order valence-electron chi connectivity index (χ0n) is 13.2. The number of hydrogen-bond donors (Lipinski definition) is 0. The van der Waals surface area contributed by atoms with Crippen molar-refractivity contribution in [3.05, 3.63) is 32.2 Å². The molecular weight excluding hydrogens is 314 g/mol. The maximum absolute atomic E-state index is 5.89. The Balaban J connectivity index is 1.57. The summed E-state index contributed by atoms with van der Waals surface area (Å²) < 4.78 is 5.89. The predicted molar refractivity (Wildman–Crippen MR) is 91.5 cm³/mol. The van der Waals surface area contributed by atoms with Crippen LogP contribution in [0.1, 0.15) is 47.3 Å². The Labute approximate surface area is 140 Å². The van der Waals surface area contributed by atoms with Gasteiger partial charge in [0, 0.05) is 36.1 Å². The summed E-state index contributed by atoms with van der Waals surface area (Å²) in [6.45, 7) is 7.84. The zero-order valence-corrected chi connectivity index (χ0v) is 14.9. The van der Waals surface area contributed by atoms with Crippen LogP contribution in [0, 0.1) is 6.92 Å². The van der Waals surface area contributed by atoms with E-state index in [2.05, 4.69) is 27.6 Å². The summed E-state index contributed by atoms with van der Waals surface area (Å²) in [5, 5.41) is 6.68. The molecule has 0 radical (unpaired) electrons. The van der Waals surface area contributed by atoms with Crippen molar-refractivity contribution in [2.75, 3.05) is 19.7 Å². The normalized spacial score (nSPS) is 19.6. The first-order valence-electron chi connectivity index (χ1n) is 7.94. The van der Waals surface area contributed by atoms with Crippen molar-refractivity contribution >= 4 is 22.7 Å². The molecule has 0 unspecified atom stereocenters. The number of aromatic nitrogens is 2. The SMILES string of the molecule is CCCCc1nc(CN2CCO[C@H](c3nc(C)cs3)C2)cs1. The van der Waals surface area contributed by atoms with Gasteiger partial charge in [0.1, 0.15) is 11.1 Å². The van der Waals surface area contributed by atoms with Gasteiger partial charge < -0.3 is 4.74 Å². The number of unbranched alkanes of at least 4 members (excludes halogenated alkanes) is 1. The molecule has 6 heteroatoms. The Bertz CT molecular complexity index is 596. The zero-order chi connectivity index (χ0) is 15.4. The molecule has 0 amide bonds. The molecule has 0 N–H and O–H groups in total. The standard InChI is InChI=1S/C16H23N3OS2/c1-3-4-5-15-18-13(11-21-15)8-19-6-7-20-14(9-19)16-17-12(2)10-22-16/h10-11,14H,3-9H2,1-2H3/t14-/m0/s1. The van der Waals surface area contributed by atoms with E-state index in [0.717, 1.165) is 43.4 Å². The lowest BCUT2D eigenvalue weighted by atomic mass is 10.2. The molecule has 0 spiro atoms. The number of ether oxygens (including phenoxy) is 1. The van der Waals surface area contributed by atoms with Gasteiger partial charge in [0.2, 0.25) is 0 Å². The van der Waals surface area contributed by atoms with Crippen molar-refractivity contribution in [3.8, 4) is 0 Å². The van der Waals surface area contributed by atoms with E-state index in [1.54, 1.807) is 22.7 Å². The lowest BCUT2D eigenvalue weighted by Crippen LogP contribution is -2.37. The van der Waals surface area contributed by atoms with Crippen molar-refractivity contribution in [1.29, 1.82) is 0 Å².